The number of halogens is 1. The quantitative estimate of drug-likeness (QED) is 0.520. The van der Waals surface area contributed by atoms with Gasteiger partial charge in [0.15, 0.2) is 0 Å². The van der Waals surface area contributed by atoms with Gasteiger partial charge in [-0.25, -0.2) is 8.42 Å². The number of carbonyl (C=O) groups is 2. The van der Waals surface area contributed by atoms with Crippen LogP contribution in [-0.2, 0) is 14.8 Å². The second kappa shape index (κ2) is 9.71. The lowest BCUT2D eigenvalue weighted by Crippen LogP contribution is -2.38. The highest BCUT2D eigenvalue weighted by Crippen LogP contribution is 2.26. The molecule has 0 heterocycles. The minimum Gasteiger partial charge on any atom is -0.497 e. The first-order chi connectivity index (χ1) is 15.2. The van der Waals surface area contributed by atoms with Gasteiger partial charge < -0.3 is 15.8 Å². The first-order valence-corrected chi connectivity index (χ1v) is 11.1. The summed E-state index contributed by atoms with van der Waals surface area (Å²) in [7, 11) is -2.65. The van der Waals surface area contributed by atoms with Gasteiger partial charge in [-0.3, -0.25) is 13.9 Å². The minimum atomic E-state index is -4.12. The highest BCUT2D eigenvalue weighted by Gasteiger charge is 2.27. The molecule has 0 fully saturated rings. The summed E-state index contributed by atoms with van der Waals surface area (Å²) in [5, 5.41) is 2.97. The molecule has 0 unspecified atom stereocenters. The maximum Gasteiger partial charge on any atom is 0.264 e. The number of nitrogens with zero attached hydrogens (tertiary/aromatic N) is 1. The predicted molar refractivity (Wildman–Crippen MR) is 123 cm³/mol. The summed E-state index contributed by atoms with van der Waals surface area (Å²) in [6.45, 7) is -0.552. The van der Waals surface area contributed by atoms with Gasteiger partial charge in [0.05, 0.1) is 28.9 Å². The first kappa shape index (κ1) is 23.1. The second-order valence-corrected chi connectivity index (χ2v) is 8.92. The molecule has 0 bridgehead atoms. The van der Waals surface area contributed by atoms with E-state index in [0.29, 0.717) is 10.8 Å². The lowest BCUT2D eigenvalue weighted by molar-refractivity contribution is -0.114. The third-order valence-corrected chi connectivity index (χ3v) is 6.56. The number of para-hydroxylation sites is 1. The number of sulfonamides is 1. The van der Waals surface area contributed by atoms with Gasteiger partial charge in [0.25, 0.3) is 15.9 Å². The van der Waals surface area contributed by atoms with E-state index in [1.54, 1.807) is 12.1 Å². The van der Waals surface area contributed by atoms with Crippen LogP contribution in [0.4, 0.5) is 11.4 Å². The smallest absolute Gasteiger partial charge is 0.264 e. The van der Waals surface area contributed by atoms with Crippen molar-refractivity contribution >= 4 is 44.8 Å². The van der Waals surface area contributed by atoms with Crippen molar-refractivity contribution in [3.8, 4) is 5.75 Å². The lowest BCUT2D eigenvalue weighted by Gasteiger charge is -2.24. The molecule has 0 aliphatic rings. The number of methoxy groups -OCH3 is 1. The van der Waals surface area contributed by atoms with Crippen LogP contribution in [-0.4, -0.2) is 33.9 Å². The van der Waals surface area contributed by atoms with Gasteiger partial charge in [0.1, 0.15) is 12.3 Å². The summed E-state index contributed by atoms with van der Waals surface area (Å²) in [4.78, 5) is 24.4. The van der Waals surface area contributed by atoms with Gasteiger partial charge in [-0.2, -0.15) is 0 Å². The van der Waals surface area contributed by atoms with Gasteiger partial charge >= 0.3 is 0 Å². The van der Waals surface area contributed by atoms with Crippen molar-refractivity contribution < 1.29 is 22.7 Å². The first-order valence-electron chi connectivity index (χ1n) is 9.33. The molecule has 166 valence electrons. The summed E-state index contributed by atoms with van der Waals surface area (Å²) < 4.78 is 32.8. The Balaban J connectivity index is 1.95. The Morgan fingerprint density at radius 2 is 1.62 bits per heavy atom. The fraction of sp³-hybridized carbons (Fsp3) is 0.0909. The summed E-state index contributed by atoms with van der Waals surface area (Å²) in [6, 6.07) is 18.0. The van der Waals surface area contributed by atoms with Gasteiger partial charge in [-0.1, -0.05) is 23.7 Å². The second-order valence-electron chi connectivity index (χ2n) is 6.62. The Hall–Kier alpha value is -3.56. The van der Waals surface area contributed by atoms with Crippen molar-refractivity contribution in [1.29, 1.82) is 0 Å². The van der Waals surface area contributed by atoms with Crippen LogP contribution in [0.15, 0.2) is 77.7 Å². The molecule has 32 heavy (non-hydrogen) atoms. The Labute approximate surface area is 190 Å². The number of amides is 2. The van der Waals surface area contributed by atoms with Crippen molar-refractivity contribution in [2.45, 2.75) is 4.90 Å². The normalized spacial score (nSPS) is 10.9. The molecule has 0 radical (unpaired) electrons. The molecule has 0 aliphatic carbocycles. The Morgan fingerprint density at radius 1 is 1.00 bits per heavy atom. The fourth-order valence-corrected chi connectivity index (χ4v) is 4.47. The Kier molecular flexibility index (Phi) is 7.01. The molecule has 0 spiro atoms. The SMILES string of the molecule is COc1ccc(S(=O)(=O)N(CC(=O)Nc2ccccc2C(N)=O)c2ccc(Cl)cc2)cc1. The molecule has 0 aromatic heterocycles. The molecule has 3 N–H and O–H groups in total. The number of rotatable bonds is 8. The minimum absolute atomic E-state index is 0.0291. The molecule has 0 aliphatic heterocycles. The van der Waals surface area contributed by atoms with Crippen LogP contribution in [0.5, 0.6) is 5.75 Å². The predicted octanol–water partition coefficient (Wildman–Crippen LogP) is 3.28. The maximum absolute atomic E-state index is 13.4. The van der Waals surface area contributed by atoms with E-state index in [4.69, 9.17) is 22.1 Å². The van der Waals surface area contributed by atoms with E-state index < -0.39 is 28.4 Å². The molecule has 0 saturated carbocycles. The van der Waals surface area contributed by atoms with Crippen LogP contribution in [0.25, 0.3) is 0 Å². The Morgan fingerprint density at radius 3 is 2.22 bits per heavy atom. The average molecular weight is 474 g/mol. The summed E-state index contributed by atoms with van der Waals surface area (Å²) in [5.41, 5.74) is 5.88. The zero-order valence-corrected chi connectivity index (χ0v) is 18.6. The maximum atomic E-state index is 13.4. The fourth-order valence-electron chi connectivity index (χ4n) is 2.92. The molecule has 0 saturated heterocycles. The van der Waals surface area contributed by atoms with Crippen LogP contribution in [0.3, 0.4) is 0 Å². The van der Waals surface area contributed by atoms with E-state index in [1.807, 2.05) is 0 Å². The number of hydrogen-bond donors (Lipinski definition) is 2. The highest BCUT2D eigenvalue weighted by atomic mass is 35.5. The van der Waals surface area contributed by atoms with E-state index in [-0.39, 0.29) is 21.8 Å². The number of carbonyl (C=O) groups excluding carboxylic acids is 2. The molecule has 0 atom stereocenters. The van der Waals surface area contributed by atoms with Crippen LogP contribution in [0.1, 0.15) is 10.4 Å². The van der Waals surface area contributed by atoms with E-state index in [1.165, 1.54) is 67.8 Å². The van der Waals surface area contributed by atoms with Crippen molar-refractivity contribution in [1.82, 2.24) is 0 Å². The number of anilines is 2. The summed E-state index contributed by atoms with van der Waals surface area (Å²) in [5.74, 6) is -0.894. The average Bonchev–Trinajstić information content (AvgIpc) is 2.78. The number of benzene rings is 3. The third kappa shape index (κ3) is 5.19. The van der Waals surface area contributed by atoms with Gasteiger partial charge in [0, 0.05) is 5.02 Å². The van der Waals surface area contributed by atoms with Crippen LogP contribution in [0, 0.1) is 0 Å². The summed E-state index contributed by atoms with van der Waals surface area (Å²) in [6.07, 6.45) is 0. The zero-order chi connectivity index (χ0) is 23.3. The standard InChI is InChI=1S/C22H20ClN3O5S/c1-31-17-10-12-18(13-11-17)32(29,30)26(16-8-6-15(23)7-9-16)14-21(27)25-20-5-3-2-4-19(20)22(24)28/h2-13H,14H2,1H3,(H2,24,28)(H,25,27). The van der Waals surface area contributed by atoms with Crippen molar-refractivity contribution in [2.24, 2.45) is 5.73 Å². The molecular formula is C22H20ClN3O5S. The van der Waals surface area contributed by atoms with E-state index in [0.717, 1.165) is 4.31 Å². The van der Waals surface area contributed by atoms with Crippen molar-refractivity contribution in [3.63, 3.8) is 0 Å². The third-order valence-electron chi connectivity index (χ3n) is 4.52. The van der Waals surface area contributed by atoms with E-state index in [9.17, 15) is 18.0 Å². The molecule has 2 amide bonds. The number of primary amides is 1. The molecule has 3 aromatic rings. The van der Waals surface area contributed by atoms with Gasteiger partial charge in [0.2, 0.25) is 5.91 Å². The van der Waals surface area contributed by atoms with Crippen molar-refractivity contribution in [2.75, 3.05) is 23.3 Å². The molecule has 10 heteroatoms. The van der Waals surface area contributed by atoms with E-state index in [2.05, 4.69) is 5.32 Å². The topological polar surface area (TPSA) is 119 Å². The lowest BCUT2D eigenvalue weighted by atomic mass is 10.1. The number of hydrogen-bond acceptors (Lipinski definition) is 5. The highest BCUT2D eigenvalue weighted by molar-refractivity contribution is 7.92. The van der Waals surface area contributed by atoms with Crippen molar-refractivity contribution in [3.05, 3.63) is 83.4 Å². The summed E-state index contributed by atoms with van der Waals surface area (Å²) >= 11 is 5.94. The zero-order valence-electron chi connectivity index (χ0n) is 17.0. The number of nitrogens with one attached hydrogen (secondary N) is 1. The Bertz CT molecular complexity index is 1230. The van der Waals surface area contributed by atoms with Crippen LogP contribution >= 0.6 is 11.6 Å². The largest absolute Gasteiger partial charge is 0.497 e. The molecule has 3 rings (SSSR count). The molecule has 3 aromatic carbocycles. The van der Waals surface area contributed by atoms with Gasteiger partial charge in [-0.05, 0) is 60.7 Å². The van der Waals surface area contributed by atoms with Crippen LogP contribution in [0.2, 0.25) is 5.02 Å². The van der Waals surface area contributed by atoms with E-state index >= 15 is 0 Å². The monoisotopic (exact) mass is 473 g/mol. The molecular weight excluding hydrogens is 454 g/mol. The van der Waals surface area contributed by atoms with Gasteiger partial charge in [-0.15, -0.1) is 0 Å². The molecule has 8 nitrogen and oxygen atoms in total. The number of ether oxygens (including phenoxy) is 1. The van der Waals surface area contributed by atoms with Crippen LogP contribution < -0.4 is 20.1 Å². The number of nitrogens with two attached hydrogens (primary N) is 1.